The van der Waals surface area contributed by atoms with Crippen molar-refractivity contribution < 1.29 is 35.4 Å². The third-order valence-corrected chi connectivity index (χ3v) is 24.9. The molecule has 1 aromatic rings. The standard InChI is InChI=1S/C57H85N5O7S2/c1-31(64)61-52(58)60-28-33-25-55(5)38-22-40(57(55,69)41-24-42(65)39-23-43(66)44(67)27-54(39,4)48(33)41)45(14-10-20-63)71-70-29-34(62-19-18-59-30-62)26-53(2,3)50-36-13-9-17-56(15-6-7-16-56)49(36)35-12-8-11-32-21-37(38)51(68)47(50)46(32)35/h18-19,24,30-34,37-40,43-45,47-49,51,63-64,66-69H,6-17,20-23,25-29H2,1-5H3,(H3,58,60,61). The van der Waals surface area contributed by atoms with Crippen LogP contribution in [-0.4, -0.2) is 106 Å². The third-order valence-electron chi connectivity index (χ3n) is 21.9. The summed E-state index contributed by atoms with van der Waals surface area (Å²) in [7, 11) is 3.72. The second-order valence-corrected chi connectivity index (χ2v) is 28.7. The zero-order chi connectivity index (χ0) is 50.0. The summed E-state index contributed by atoms with van der Waals surface area (Å²) in [4.78, 5) is 24.4. The maximum absolute atomic E-state index is 14.9. The van der Waals surface area contributed by atoms with Crippen LogP contribution in [0.3, 0.4) is 0 Å². The van der Waals surface area contributed by atoms with E-state index >= 15 is 0 Å². The number of aliphatic hydroxyl groups excluding tert-OH is 5. The van der Waals surface area contributed by atoms with Gasteiger partial charge >= 0.3 is 0 Å². The van der Waals surface area contributed by atoms with E-state index in [0.29, 0.717) is 42.9 Å². The first-order valence-corrected chi connectivity index (χ1v) is 30.3. The Labute approximate surface area is 430 Å². The number of aliphatic imine (C=N–C) groups is 1. The summed E-state index contributed by atoms with van der Waals surface area (Å²) in [5.74, 6) is -0.0914. The van der Waals surface area contributed by atoms with Crippen molar-refractivity contribution in [2.24, 2.45) is 85.6 Å². The van der Waals surface area contributed by atoms with Crippen LogP contribution < -0.4 is 11.1 Å². The van der Waals surface area contributed by atoms with Crippen molar-refractivity contribution in [2.75, 3.05) is 18.9 Å². The lowest BCUT2D eigenvalue weighted by Gasteiger charge is -2.64. The smallest absolute Gasteiger partial charge is 0.190 e. The van der Waals surface area contributed by atoms with E-state index in [4.69, 9.17) is 10.7 Å². The molecule has 6 saturated carbocycles. The SMILES string of the molecule is CC(O)NC(N)=NCC1CC2(C)C3CC(C(CCCO)SSCC(n4ccnc4)CC(C)(C)C4=C5CCCC6(CCCC6)C5C5=C6C(CCC5)CC3C(O)C64)C2(O)C2=CC(=O)C3CC(O)C(O)CC3(C)C21. The van der Waals surface area contributed by atoms with E-state index in [1.54, 1.807) is 29.7 Å². The minimum atomic E-state index is -1.47. The van der Waals surface area contributed by atoms with Crippen molar-refractivity contribution in [3.05, 3.63) is 52.7 Å². The topological polar surface area (TPSA) is 207 Å². The molecule has 1 spiro atoms. The Balaban J connectivity index is 1.12. The fourth-order valence-electron chi connectivity index (χ4n) is 19.5. The monoisotopic (exact) mass is 1020 g/mol. The quantitative estimate of drug-likeness (QED) is 0.0430. The van der Waals surface area contributed by atoms with Gasteiger partial charge in [0, 0.05) is 71.7 Å². The first-order chi connectivity index (χ1) is 33.9. The largest absolute Gasteiger partial charge is 0.396 e. The van der Waals surface area contributed by atoms with Gasteiger partial charge in [-0.1, -0.05) is 84.4 Å². The van der Waals surface area contributed by atoms with Gasteiger partial charge in [0.05, 0.1) is 30.2 Å². The number of rotatable bonds is 7. The molecule has 9 N–H and O–H groups in total. The Bertz CT molecular complexity index is 2330. The van der Waals surface area contributed by atoms with Crippen molar-refractivity contribution in [2.45, 2.75) is 192 Å². The number of nitrogens with two attached hydrogens (primary N) is 1. The van der Waals surface area contributed by atoms with Crippen LogP contribution in [0.5, 0.6) is 0 Å². The third kappa shape index (κ3) is 7.99. The minimum Gasteiger partial charge on any atom is -0.396 e. The molecule has 11 rings (SSSR count). The molecule has 9 aliphatic carbocycles. The number of hydrogen-bond acceptors (Lipinski definition) is 11. The molecule has 0 aromatic carbocycles. The zero-order valence-electron chi connectivity index (χ0n) is 43.1. The summed E-state index contributed by atoms with van der Waals surface area (Å²) >= 11 is 0. The fraction of sp³-hybridized carbons (Fsp3) is 0.807. The van der Waals surface area contributed by atoms with E-state index in [1.807, 2.05) is 34.1 Å². The van der Waals surface area contributed by atoms with Gasteiger partial charge in [0.1, 0.15) is 6.23 Å². The summed E-state index contributed by atoms with van der Waals surface area (Å²) < 4.78 is 2.31. The number of ketones is 1. The molecule has 392 valence electrons. The van der Waals surface area contributed by atoms with E-state index in [2.05, 4.69) is 48.8 Å². The van der Waals surface area contributed by atoms with Crippen molar-refractivity contribution >= 4 is 33.3 Å². The number of aromatic nitrogens is 2. The molecule has 4 bridgehead atoms. The molecule has 2 heterocycles. The van der Waals surface area contributed by atoms with Crippen LogP contribution in [0.4, 0.5) is 0 Å². The summed E-state index contributed by atoms with van der Waals surface area (Å²) in [5, 5.41) is 75.1. The molecule has 0 radical (unpaired) electrons. The molecule has 14 heteroatoms. The zero-order valence-corrected chi connectivity index (χ0v) is 44.8. The molecular formula is C57H85N5O7S2. The number of hydrogen-bond donors (Lipinski definition) is 8. The highest BCUT2D eigenvalue weighted by Crippen LogP contribution is 2.75. The van der Waals surface area contributed by atoms with Gasteiger partial charge < -0.3 is 46.3 Å². The fourth-order valence-corrected chi connectivity index (χ4v) is 22.8. The van der Waals surface area contributed by atoms with Gasteiger partial charge in [-0.2, -0.15) is 0 Å². The molecule has 1 saturated heterocycles. The predicted octanol–water partition coefficient (Wildman–Crippen LogP) is 8.04. The van der Waals surface area contributed by atoms with Gasteiger partial charge in [-0.15, -0.1) is 0 Å². The van der Waals surface area contributed by atoms with Crippen LogP contribution >= 0.6 is 21.6 Å². The van der Waals surface area contributed by atoms with Gasteiger partial charge in [-0.3, -0.25) is 9.79 Å². The summed E-state index contributed by atoms with van der Waals surface area (Å²) in [5.41, 5.74) is 10.7. The molecule has 7 fully saturated rings. The molecule has 18 unspecified atom stereocenters. The first-order valence-electron chi connectivity index (χ1n) is 28.0. The van der Waals surface area contributed by atoms with Crippen molar-refractivity contribution in [1.29, 1.82) is 0 Å². The average molecular weight is 1020 g/mol. The molecule has 18 atom stereocenters. The normalized spacial score (nSPS) is 45.3. The van der Waals surface area contributed by atoms with E-state index < -0.39 is 46.9 Å². The number of nitrogens with one attached hydrogen (secondary N) is 1. The van der Waals surface area contributed by atoms with Gasteiger partial charge in [0.15, 0.2) is 11.7 Å². The number of allylic oxidation sites excluding steroid dienone is 3. The average Bonchev–Trinajstić information content (AvgIpc) is 4.08. The van der Waals surface area contributed by atoms with E-state index in [1.165, 1.54) is 50.5 Å². The van der Waals surface area contributed by atoms with Crippen LogP contribution in [0, 0.1) is 74.9 Å². The van der Waals surface area contributed by atoms with Gasteiger partial charge in [-0.25, -0.2) is 4.98 Å². The van der Waals surface area contributed by atoms with Crippen molar-refractivity contribution in [3.63, 3.8) is 0 Å². The number of nitrogens with zero attached hydrogens (tertiary/aromatic N) is 3. The highest BCUT2D eigenvalue weighted by atomic mass is 33.1. The van der Waals surface area contributed by atoms with Crippen molar-refractivity contribution in [3.8, 4) is 0 Å². The molecule has 1 aliphatic heterocycles. The second kappa shape index (κ2) is 18.8. The van der Waals surface area contributed by atoms with Gasteiger partial charge in [-0.05, 0) is 167 Å². The molecule has 71 heavy (non-hydrogen) atoms. The number of carbonyl (C=O) groups is 1. The lowest BCUT2D eigenvalue weighted by atomic mass is 9.41. The predicted molar refractivity (Wildman–Crippen MR) is 281 cm³/mol. The summed E-state index contributed by atoms with van der Waals surface area (Å²) in [6.45, 7) is 11.3. The maximum Gasteiger partial charge on any atom is 0.190 e. The first kappa shape index (κ1) is 51.0. The number of imidazole rings is 1. The number of aliphatic hydroxyl groups is 6. The van der Waals surface area contributed by atoms with E-state index in [-0.39, 0.29) is 90.0 Å². The molecule has 10 aliphatic rings. The number of fused-ring (bicyclic) bond motifs is 14. The highest BCUT2D eigenvalue weighted by molar-refractivity contribution is 8.76. The Hall–Kier alpha value is -2.17. The second-order valence-electron chi connectivity index (χ2n) is 26.0. The number of carbonyl (C=O) groups excluding carboxylic acids is 1. The van der Waals surface area contributed by atoms with Gasteiger partial charge in [0.25, 0.3) is 0 Å². The van der Waals surface area contributed by atoms with Crippen LogP contribution in [0.2, 0.25) is 0 Å². The Morgan fingerprint density at radius 1 is 0.986 bits per heavy atom. The van der Waals surface area contributed by atoms with E-state index in [0.717, 1.165) is 43.4 Å². The molecular weight excluding hydrogens is 931 g/mol. The highest BCUT2D eigenvalue weighted by Gasteiger charge is 2.74. The van der Waals surface area contributed by atoms with E-state index in [9.17, 15) is 35.4 Å². The number of guanidine groups is 1. The lowest BCUT2D eigenvalue weighted by molar-refractivity contribution is -0.172. The van der Waals surface area contributed by atoms with Gasteiger partial charge in [0.2, 0.25) is 0 Å². The molecule has 12 nitrogen and oxygen atoms in total. The summed E-state index contributed by atoms with van der Waals surface area (Å²) in [6, 6.07) is 0.125. The van der Waals surface area contributed by atoms with Crippen LogP contribution in [0.1, 0.15) is 156 Å². The van der Waals surface area contributed by atoms with Crippen LogP contribution in [-0.2, 0) is 4.79 Å². The lowest BCUT2D eigenvalue weighted by Crippen LogP contribution is -2.66. The van der Waals surface area contributed by atoms with Crippen molar-refractivity contribution in [1.82, 2.24) is 14.9 Å². The van der Waals surface area contributed by atoms with Crippen LogP contribution in [0.15, 0.2) is 57.7 Å². The minimum absolute atomic E-state index is 0.0348. The molecule has 0 amide bonds. The summed E-state index contributed by atoms with van der Waals surface area (Å²) in [6.07, 6.45) is 21.1. The van der Waals surface area contributed by atoms with Crippen LogP contribution in [0.25, 0.3) is 0 Å². The maximum atomic E-state index is 14.9. The Kier molecular flexibility index (Phi) is 13.5. The molecule has 1 aromatic heterocycles. The Morgan fingerprint density at radius 2 is 1.75 bits per heavy atom. The Morgan fingerprint density at radius 3 is 2.48 bits per heavy atom.